The van der Waals surface area contributed by atoms with Crippen molar-refractivity contribution in [1.82, 2.24) is 0 Å². The largest absolute Gasteiger partial charge is 0.465 e. The number of hydrogen-bond donors (Lipinski definition) is 0. The molecule has 0 N–H and O–H groups in total. The third-order valence-electron chi connectivity index (χ3n) is 5.09. The molecule has 0 saturated heterocycles. The van der Waals surface area contributed by atoms with Crippen LogP contribution in [0.15, 0.2) is 36.4 Å². The van der Waals surface area contributed by atoms with Crippen LogP contribution in [0.25, 0.3) is 6.08 Å². The van der Waals surface area contributed by atoms with Gasteiger partial charge in [-0.15, -0.1) is 0 Å². The van der Waals surface area contributed by atoms with Gasteiger partial charge in [0.15, 0.2) is 0 Å². The lowest BCUT2D eigenvalue weighted by atomic mass is 9.50. The molecule has 1 saturated carbocycles. The summed E-state index contributed by atoms with van der Waals surface area (Å²) in [6, 6.07) is 11.5. The van der Waals surface area contributed by atoms with Gasteiger partial charge in [0.05, 0.1) is 18.6 Å². The number of ether oxygens (including phenoxy) is 5. The maximum atomic E-state index is 12.9. The molecule has 0 spiro atoms. The van der Waals surface area contributed by atoms with Crippen LogP contribution in [0.5, 0.6) is 0 Å². The molecule has 0 unspecified atom stereocenters. The summed E-state index contributed by atoms with van der Waals surface area (Å²) in [7, 11) is 5.48. The standard InChI is InChI=1S/C20H25NO6/c1-6-27-17(22)18(14-21)16(13-12-15-10-8-7-9-11-15)19(23-2,24-3)20(18,25-4)26-5/h7-13,16H,6H2,1-5H3/b13-12+/t16-,18+/m1/s1. The summed E-state index contributed by atoms with van der Waals surface area (Å²) in [6.45, 7) is 1.77. The number of nitriles is 1. The van der Waals surface area contributed by atoms with Gasteiger partial charge in [0, 0.05) is 28.4 Å². The van der Waals surface area contributed by atoms with Crippen LogP contribution in [-0.4, -0.2) is 52.6 Å². The molecule has 1 fully saturated rings. The van der Waals surface area contributed by atoms with Gasteiger partial charge >= 0.3 is 5.97 Å². The first kappa shape index (κ1) is 21.1. The van der Waals surface area contributed by atoms with E-state index in [0.717, 1.165) is 5.56 Å². The first-order chi connectivity index (χ1) is 13.0. The Balaban J connectivity index is 2.65. The molecular weight excluding hydrogens is 350 g/mol. The fourth-order valence-corrected chi connectivity index (χ4v) is 3.92. The highest BCUT2D eigenvalue weighted by Gasteiger charge is 2.88. The molecule has 7 heteroatoms. The van der Waals surface area contributed by atoms with Crippen LogP contribution in [0.4, 0.5) is 0 Å². The van der Waals surface area contributed by atoms with Crippen LogP contribution in [0.2, 0.25) is 0 Å². The van der Waals surface area contributed by atoms with Gasteiger partial charge in [-0.1, -0.05) is 42.5 Å². The molecule has 7 nitrogen and oxygen atoms in total. The quantitative estimate of drug-likeness (QED) is 0.509. The van der Waals surface area contributed by atoms with Crippen LogP contribution in [0, 0.1) is 22.7 Å². The van der Waals surface area contributed by atoms with E-state index in [-0.39, 0.29) is 6.61 Å². The molecule has 0 heterocycles. The minimum absolute atomic E-state index is 0.105. The number of hydrogen-bond acceptors (Lipinski definition) is 7. The molecule has 2 rings (SSSR count). The van der Waals surface area contributed by atoms with Crippen molar-refractivity contribution < 1.29 is 28.5 Å². The highest BCUT2D eigenvalue weighted by Crippen LogP contribution is 2.66. The number of carbonyl (C=O) groups is 1. The van der Waals surface area contributed by atoms with E-state index in [4.69, 9.17) is 23.7 Å². The van der Waals surface area contributed by atoms with Crippen molar-refractivity contribution in [3.8, 4) is 6.07 Å². The lowest BCUT2D eigenvalue weighted by molar-refractivity contribution is -0.492. The van der Waals surface area contributed by atoms with Crippen LogP contribution in [0.3, 0.4) is 0 Å². The Morgan fingerprint density at radius 2 is 1.70 bits per heavy atom. The number of benzene rings is 1. The predicted molar refractivity (Wildman–Crippen MR) is 97.1 cm³/mol. The lowest BCUT2D eigenvalue weighted by Crippen LogP contribution is -2.85. The number of carbonyl (C=O) groups excluding carboxylic acids is 1. The second-order valence-corrected chi connectivity index (χ2v) is 5.99. The van der Waals surface area contributed by atoms with Crippen LogP contribution in [0.1, 0.15) is 12.5 Å². The minimum atomic E-state index is -1.82. The van der Waals surface area contributed by atoms with Crippen molar-refractivity contribution in [2.75, 3.05) is 35.0 Å². The SMILES string of the molecule is CCOC(=O)[C@]1(C#N)[C@@H](/C=C/c2ccccc2)C(OC)(OC)C1(OC)OC. The molecule has 0 aliphatic heterocycles. The molecule has 1 aromatic rings. The monoisotopic (exact) mass is 375 g/mol. The Morgan fingerprint density at radius 1 is 1.11 bits per heavy atom. The van der Waals surface area contributed by atoms with Crippen molar-refractivity contribution in [3.05, 3.63) is 42.0 Å². The van der Waals surface area contributed by atoms with E-state index < -0.39 is 28.9 Å². The van der Waals surface area contributed by atoms with Crippen molar-refractivity contribution >= 4 is 12.0 Å². The summed E-state index contributed by atoms with van der Waals surface area (Å²) in [5, 5.41) is 10.1. The second kappa shape index (κ2) is 8.19. The normalized spacial score (nSPS) is 25.6. The first-order valence-corrected chi connectivity index (χ1v) is 8.52. The van der Waals surface area contributed by atoms with Crippen molar-refractivity contribution in [3.63, 3.8) is 0 Å². The van der Waals surface area contributed by atoms with Gasteiger partial charge < -0.3 is 23.7 Å². The van der Waals surface area contributed by atoms with Gasteiger partial charge in [-0.25, -0.2) is 0 Å². The Labute approximate surface area is 159 Å². The third kappa shape index (κ3) is 2.68. The number of esters is 1. The highest BCUT2D eigenvalue weighted by molar-refractivity contribution is 5.85. The van der Waals surface area contributed by atoms with E-state index in [1.54, 1.807) is 19.1 Å². The van der Waals surface area contributed by atoms with Gasteiger partial charge in [0.25, 0.3) is 5.79 Å². The predicted octanol–water partition coefficient (Wildman–Crippen LogP) is 2.38. The topological polar surface area (TPSA) is 87.0 Å². The van der Waals surface area contributed by atoms with Gasteiger partial charge in [-0.3, -0.25) is 4.79 Å². The van der Waals surface area contributed by atoms with Gasteiger partial charge in [-0.2, -0.15) is 5.26 Å². The van der Waals surface area contributed by atoms with Crippen LogP contribution < -0.4 is 0 Å². The van der Waals surface area contributed by atoms with Gasteiger partial charge in [0.2, 0.25) is 11.2 Å². The summed E-state index contributed by atoms with van der Waals surface area (Å²) in [4.78, 5) is 12.9. The Kier molecular flexibility index (Phi) is 6.39. The average Bonchev–Trinajstić information content (AvgIpc) is 2.70. The molecule has 1 aliphatic carbocycles. The highest BCUT2D eigenvalue weighted by atomic mass is 16.8. The van der Waals surface area contributed by atoms with Gasteiger partial charge in [-0.05, 0) is 12.5 Å². The zero-order chi connectivity index (χ0) is 20.1. The lowest BCUT2D eigenvalue weighted by Gasteiger charge is -2.65. The van der Waals surface area contributed by atoms with E-state index in [1.165, 1.54) is 28.4 Å². The van der Waals surface area contributed by atoms with E-state index in [9.17, 15) is 10.1 Å². The van der Waals surface area contributed by atoms with Crippen LogP contribution >= 0.6 is 0 Å². The van der Waals surface area contributed by atoms with Crippen molar-refractivity contribution in [1.29, 1.82) is 5.26 Å². The Bertz CT molecular complexity index is 718. The zero-order valence-corrected chi connectivity index (χ0v) is 16.2. The fraction of sp³-hybridized carbons (Fsp3) is 0.500. The van der Waals surface area contributed by atoms with E-state index in [0.29, 0.717) is 0 Å². The van der Waals surface area contributed by atoms with Gasteiger partial charge in [0.1, 0.15) is 0 Å². The summed E-state index contributed by atoms with van der Waals surface area (Å²) in [5.41, 5.74) is -0.925. The molecule has 1 aromatic carbocycles. The maximum absolute atomic E-state index is 12.9. The number of methoxy groups -OCH3 is 4. The number of nitrogens with zero attached hydrogens (tertiary/aromatic N) is 1. The Hall–Kier alpha value is -2.24. The molecular formula is C20H25NO6. The molecule has 2 atom stereocenters. The minimum Gasteiger partial charge on any atom is -0.465 e. The summed E-state index contributed by atoms with van der Waals surface area (Å²) in [5.74, 6) is -4.94. The van der Waals surface area contributed by atoms with E-state index in [2.05, 4.69) is 6.07 Å². The van der Waals surface area contributed by atoms with Crippen molar-refractivity contribution in [2.45, 2.75) is 18.5 Å². The van der Waals surface area contributed by atoms with E-state index >= 15 is 0 Å². The average molecular weight is 375 g/mol. The summed E-state index contributed by atoms with van der Waals surface area (Å²) in [6.07, 6.45) is 3.48. The Morgan fingerprint density at radius 3 is 2.15 bits per heavy atom. The van der Waals surface area contributed by atoms with E-state index in [1.807, 2.05) is 30.3 Å². The molecule has 146 valence electrons. The molecule has 27 heavy (non-hydrogen) atoms. The molecule has 0 amide bonds. The zero-order valence-electron chi connectivity index (χ0n) is 16.2. The molecule has 0 aromatic heterocycles. The first-order valence-electron chi connectivity index (χ1n) is 8.52. The smallest absolute Gasteiger partial charge is 0.333 e. The summed E-state index contributed by atoms with van der Waals surface area (Å²) >= 11 is 0. The molecule has 0 bridgehead atoms. The van der Waals surface area contributed by atoms with Crippen LogP contribution in [-0.2, 0) is 28.5 Å². The van der Waals surface area contributed by atoms with Crippen molar-refractivity contribution in [2.24, 2.45) is 11.3 Å². The second-order valence-electron chi connectivity index (χ2n) is 5.99. The number of rotatable bonds is 8. The third-order valence-corrected chi connectivity index (χ3v) is 5.09. The summed E-state index contributed by atoms with van der Waals surface area (Å²) < 4.78 is 27.5. The fourth-order valence-electron chi connectivity index (χ4n) is 3.92. The molecule has 1 aliphatic rings. The molecule has 0 radical (unpaired) electrons. The maximum Gasteiger partial charge on any atom is 0.333 e.